The zero-order chi connectivity index (χ0) is 33.2. The second-order valence-corrected chi connectivity index (χ2v) is 12.2. The molecule has 47 heavy (non-hydrogen) atoms. The average Bonchev–Trinajstić information content (AvgIpc) is 3.52. The first-order valence-electron chi connectivity index (χ1n) is 15.8. The van der Waals surface area contributed by atoms with Crippen LogP contribution in [0.15, 0.2) is 81.7 Å². The molecule has 1 atom stereocenters. The van der Waals surface area contributed by atoms with Gasteiger partial charge in [0.25, 0.3) is 5.56 Å². The molecular formula is C37H37N3O6S. The first-order chi connectivity index (χ1) is 22.8. The summed E-state index contributed by atoms with van der Waals surface area (Å²) in [7, 11) is 1.59. The van der Waals surface area contributed by atoms with Crippen molar-refractivity contribution in [1.29, 1.82) is 0 Å². The van der Waals surface area contributed by atoms with E-state index >= 15 is 0 Å². The number of methoxy groups -OCH3 is 1. The Kier molecular flexibility index (Phi) is 9.13. The van der Waals surface area contributed by atoms with Crippen LogP contribution in [0, 0.1) is 6.92 Å². The van der Waals surface area contributed by atoms with Crippen molar-refractivity contribution in [2.24, 2.45) is 4.99 Å². The highest BCUT2D eigenvalue weighted by molar-refractivity contribution is 7.07. The fourth-order valence-corrected chi connectivity index (χ4v) is 7.44. The lowest BCUT2D eigenvalue weighted by Gasteiger charge is -2.28. The number of ether oxygens (including phenoxy) is 3. The number of benzene rings is 3. The molecular weight excluding hydrogens is 614 g/mol. The van der Waals surface area contributed by atoms with Crippen LogP contribution >= 0.6 is 11.3 Å². The minimum atomic E-state index is -0.832. The molecule has 0 unspecified atom stereocenters. The number of nitrogens with zero attached hydrogens (tertiary/aromatic N) is 3. The maximum absolute atomic E-state index is 14.6. The molecule has 0 aliphatic carbocycles. The van der Waals surface area contributed by atoms with E-state index in [1.54, 1.807) is 25.5 Å². The largest absolute Gasteiger partial charge is 0.496 e. The van der Waals surface area contributed by atoms with Crippen LogP contribution in [-0.4, -0.2) is 41.4 Å². The van der Waals surface area contributed by atoms with Crippen molar-refractivity contribution in [1.82, 2.24) is 9.13 Å². The molecule has 0 spiro atoms. The van der Waals surface area contributed by atoms with Crippen LogP contribution in [0.3, 0.4) is 0 Å². The van der Waals surface area contributed by atoms with E-state index in [1.807, 2.05) is 85.2 Å². The van der Waals surface area contributed by atoms with Gasteiger partial charge >= 0.3 is 11.9 Å². The van der Waals surface area contributed by atoms with Gasteiger partial charge in [0.1, 0.15) is 18.3 Å². The van der Waals surface area contributed by atoms with Gasteiger partial charge in [0.15, 0.2) is 4.80 Å². The van der Waals surface area contributed by atoms with Crippen LogP contribution in [0.2, 0.25) is 0 Å². The Labute approximate surface area is 276 Å². The minimum absolute atomic E-state index is 0.0550. The number of aromatic nitrogens is 2. The van der Waals surface area contributed by atoms with Gasteiger partial charge in [-0.05, 0) is 56.2 Å². The quantitative estimate of drug-likeness (QED) is 0.183. The standard InChI is InChI=1S/C37H37N3O6S/c1-6-13-27-33(36(43)46-8-3)34(32-24-15-10-9-14-23(24)18-19-29(32)44-5)40-35(42)30(47-37(40)38-27)20-26-22(4)39(21-31(41)45-7-2)28-17-12-11-16-25(26)28/h9-12,14-20,34H,6-8,13,21H2,1-5H3/b30-20-/t34-/m0/s1. The van der Waals surface area contributed by atoms with Gasteiger partial charge in [0, 0.05) is 27.7 Å². The number of thiazole rings is 1. The number of hydrogen-bond donors (Lipinski definition) is 0. The normalized spacial score (nSPS) is 14.7. The van der Waals surface area contributed by atoms with E-state index in [0.717, 1.165) is 39.4 Å². The molecule has 5 aromatic rings. The van der Waals surface area contributed by atoms with E-state index in [1.165, 1.54) is 11.3 Å². The molecule has 10 heteroatoms. The van der Waals surface area contributed by atoms with Gasteiger partial charge in [-0.25, -0.2) is 9.79 Å². The summed E-state index contributed by atoms with van der Waals surface area (Å²) in [6, 6.07) is 18.7. The summed E-state index contributed by atoms with van der Waals surface area (Å²) in [6.45, 7) is 8.04. The monoisotopic (exact) mass is 651 g/mol. The predicted molar refractivity (Wildman–Crippen MR) is 183 cm³/mol. The lowest BCUT2D eigenvalue weighted by molar-refractivity contribution is -0.143. The fourth-order valence-electron chi connectivity index (χ4n) is 6.44. The van der Waals surface area contributed by atoms with Gasteiger partial charge in [-0.15, -0.1) is 0 Å². The Bertz CT molecular complexity index is 2240. The van der Waals surface area contributed by atoms with E-state index in [9.17, 15) is 14.4 Å². The summed E-state index contributed by atoms with van der Waals surface area (Å²) in [5.41, 5.74) is 3.87. The molecule has 3 heterocycles. The summed E-state index contributed by atoms with van der Waals surface area (Å²) < 4.78 is 20.7. The van der Waals surface area contributed by atoms with Crippen LogP contribution in [0.5, 0.6) is 5.75 Å². The number of para-hydroxylation sites is 1. The molecule has 1 aliphatic rings. The molecule has 2 aromatic heterocycles. The molecule has 242 valence electrons. The highest BCUT2D eigenvalue weighted by atomic mass is 32.1. The molecule has 0 fully saturated rings. The zero-order valence-corrected chi connectivity index (χ0v) is 28.0. The SMILES string of the molecule is CCCC1=C(C(=O)OCC)[C@H](c2c(OC)ccc3ccccc23)n2c(s/c(=C\c3c(C)n(CC(=O)OCC)c4ccccc34)c2=O)=N1. The van der Waals surface area contributed by atoms with Gasteiger partial charge in [0.2, 0.25) is 0 Å². The maximum atomic E-state index is 14.6. The van der Waals surface area contributed by atoms with Crippen molar-refractivity contribution < 1.29 is 23.8 Å². The Morgan fingerprint density at radius 2 is 1.68 bits per heavy atom. The topological polar surface area (TPSA) is 101 Å². The van der Waals surface area contributed by atoms with Gasteiger partial charge in [0.05, 0.1) is 36.1 Å². The van der Waals surface area contributed by atoms with E-state index in [2.05, 4.69) is 0 Å². The minimum Gasteiger partial charge on any atom is -0.496 e. The molecule has 6 rings (SSSR count). The lowest BCUT2D eigenvalue weighted by Crippen LogP contribution is -2.40. The van der Waals surface area contributed by atoms with Gasteiger partial charge in [-0.3, -0.25) is 14.2 Å². The van der Waals surface area contributed by atoms with Crippen molar-refractivity contribution in [2.75, 3.05) is 20.3 Å². The van der Waals surface area contributed by atoms with E-state index in [-0.39, 0.29) is 24.7 Å². The summed E-state index contributed by atoms with van der Waals surface area (Å²) in [6.07, 6.45) is 3.15. The molecule has 3 aromatic carbocycles. The number of carbonyl (C=O) groups excluding carboxylic acids is 2. The van der Waals surface area contributed by atoms with Gasteiger partial charge in [-0.1, -0.05) is 73.2 Å². The third-order valence-corrected chi connectivity index (χ3v) is 9.45. The van der Waals surface area contributed by atoms with Crippen LogP contribution in [-0.2, 0) is 25.6 Å². The van der Waals surface area contributed by atoms with E-state index in [4.69, 9.17) is 19.2 Å². The van der Waals surface area contributed by atoms with Crippen molar-refractivity contribution in [3.63, 3.8) is 0 Å². The predicted octanol–water partition coefficient (Wildman–Crippen LogP) is 5.57. The number of carbonyl (C=O) groups is 2. The number of allylic oxidation sites excluding steroid dienone is 1. The fraction of sp³-hybridized carbons (Fsp3) is 0.297. The summed E-state index contributed by atoms with van der Waals surface area (Å²) in [4.78, 5) is 46.4. The molecule has 0 bridgehead atoms. The number of fused-ring (bicyclic) bond motifs is 3. The number of rotatable bonds is 10. The highest BCUT2D eigenvalue weighted by Gasteiger charge is 2.37. The lowest BCUT2D eigenvalue weighted by atomic mass is 9.90. The Hall–Kier alpha value is -4.96. The Balaban J connectivity index is 1.66. The van der Waals surface area contributed by atoms with E-state index < -0.39 is 12.0 Å². The van der Waals surface area contributed by atoms with Crippen molar-refractivity contribution in [2.45, 2.75) is 53.1 Å². The molecule has 0 saturated carbocycles. The molecule has 9 nitrogen and oxygen atoms in total. The zero-order valence-electron chi connectivity index (χ0n) is 27.2. The summed E-state index contributed by atoms with van der Waals surface area (Å²) in [5.74, 6) is -0.284. The smallest absolute Gasteiger partial charge is 0.338 e. The third-order valence-electron chi connectivity index (χ3n) is 8.46. The maximum Gasteiger partial charge on any atom is 0.338 e. The van der Waals surface area contributed by atoms with Crippen LogP contribution in [0.4, 0.5) is 0 Å². The Morgan fingerprint density at radius 1 is 0.957 bits per heavy atom. The first kappa shape index (κ1) is 32.0. The number of esters is 2. The summed E-state index contributed by atoms with van der Waals surface area (Å²) >= 11 is 1.28. The summed E-state index contributed by atoms with van der Waals surface area (Å²) in [5, 5.41) is 2.72. The molecule has 0 amide bonds. The van der Waals surface area contributed by atoms with Crippen LogP contribution in [0.25, 0.3) is 27.8 Å². The van der Waals surface area contributed by atoms with Gasteiger partial charge in [-0.2, -0.15) is 0 Å². The van der Waals surface area contributed by atoms with Crippen LogP contribution in [0.1, 0.15) is 56.5 Å². The first-order valence-corrected chi connectivity index (χ1v) is 16.6. The third kappa shape index (κ3) is 5.67. The molecule has 1 aliphatic heterocycles. The molecule has 0 N–H and O–H groups in total. The average molecular weight is 652 g/mol. The molecule has 0 radical (unpaired) electrons. The number of hydrogen-bond acceptors (Lipinski definition) is 8. The second kappa shape index (κ2) is 13.4. The van der Waals surface area contributed by atoms with E-state index in [0.29, 0.717) is 44.9 Å². The Morgan fingerprint density at radius 3 is 2.40 bits per heavy atom. The second-order valence-electron chi connectivity index (χ2n) is 11.2. The molecule has 0 saturated heterocycles. The highest BCUT2D eigenvalue weighted by Crippen LogP contribution is 2.41. The van der Waals surface area contributed by atoms with Crippen molar-refractivity contribution in [3.05, 3.63) is 108 Å². The van der Waals surface area contributed by atoms with Crippen molar-refractivity contribution >= 4 is 51.0 Å². The van der Waals surface area contributed by atoms with Crippen LogP contribution < -0.4 is 19.6 Å². The van der Waals surface area contributed by atoms with Gasteiger partial charge < -0.3 is 18.8 Å². The van der Waals surface area contributed by atoms with Crippen molar-refractivity contribution in [3.8, 4) is 5.75 Å².